The standard InChI is InChI=1S/C21H18ClN5OS/c1-13-8-9-23-18(14(13)2)17-12-29-21(25-17)26-20(28)16-10-24-27(19(16)22)11-15-6-4-3-5-7-15/h3-10,12H,11H2,1-2H3,(H,25,26,28). The van der Waals surface area contributed by atoms with E-state index in [0.29, 0.717) is 22.4 Å². The highest BCUT2D eigenvalue weighted by Gasteiger charge is 2.18. The van der Waals surface area contributed by atoms with Crippen LogP contribution in [0.1, 0.15) is 27.0 Å². The molecule has 0 bridgehead atoms. The van der Waals surface area contributed by atoms with E-state index in [1.807, 2.05) is 55.6 Å². The number of anilines is 1. The van der Waals surface area contributed by atoms with Crippen molar-refractivity contribution in [2.75, 3.05) is 5.32 Å². The zero-order chi connectivity index (χ0) is 20.4. The molecular weight excluding hydrogens is 406 g/mol. The number of hydrogen-bond acceptors (Lipinski definition) is 5. The highest BCUT2D eigenvalue weighted by atomic mass is 35.5. The second-order valence-corrected chi connectivity index (χ2v) is 7.80. The van der Waals surface area contributed by atoms with Crippen molar-refractivity contribution in [3.63, 3.8) is 0 Å². The molecule has 0 unspecified atom stereocenters. The van der Waals surface area contributed by atoms with Crippen LogP contribution in [0, 0.1) is 13.8 Å². The Kier molecular flexibility index (Phi) is 5.42. The van der Waals surface area contributed by atoms with Gasteiger partial charge in [-0.05, 0) is 36.6 Å². The molecule has 0 fully saturated rings. The number of halogens is 1. The Morgan fingerprint density at radius 1 is 1.21 bits per heavy atom. The Morgan fingerprint density at radius 3 is 2.79 bits per heavy atom. The Labute approximate surface area is 177 Å². The summed E-state index contributed by atoms with van der Waals surface area (Å²) in [5.41, 5.74) is 5.12. The molecule has 8 heteroatoms. The lowest BCUT2D eigenvalue weighted by molar-refractivity contribution is 0.102. The van der Waals surface area contributed by atoms with E-state index in [1.54, 1.807) is 10.9 Å². The molecule has 0 aliphatic rings. The lowest BCUT2D eigenvalue weighted by atomic mass is 10.1. The van der Waals surface area contributed by atoms with Gasteiger partial charge in [0.1, 0.15) is 10.8 Å². The number of nitrogens with zero attached hydrogens (tertiary/aromatic N) is 4. The van der Waals surface area contributed by atoms with Crippen LogP contribution < -0.4 is 5.32 Å². The minimum atomic E-state index is -0.343. The van der Waals surface area contributed by atoms with Gasteiger partial charge in [0, 0.05) is 11.6 Å². The fourth-order valence-corrected chi connectivity index (χ4v) is 3.81. The van der Waals surface area contributed by atoms with E-state index in [2.05, 4.69) is 20.4 Å². The van der Waals surface area contributed by atoms with E-state index in [-0.39, 0.29) is 5.91 Å². The zero-order valence-corrected chi connectivity index (χ0v) is 17.5. The van der Waals surface area contributed by atoms with Crippen LogP contribution in [-0.4, -0.2) is 25.7 Å². The molecule has 1 aromatic carbocycles. The Balaban J connectivity index is 1.51. The summed E-state index contributed by atoms with van der Waals surface area (Å²) in [5.74, 6) is -0.343. The Morgan fingerprint density at radius 2 is 2.00 bits per heavy atom. The summed E-state index contributed by atoms with van der Waals surface area (Å²) in [6.07, 6.45) is 3.23. The number of pyridine rings is 1. The predicted octanol–water partition coefficient (Wildman–Crippen LogP) is 4.97. The SMILES string of the molecule is Cc1ccnc(-c2csc(NC(=O)c3cnn(Cc4ccccc4)c3Cl)n2)c1C. The summed E-state index contributed by atoms with van der Waals surface area (Å²) in [4.78, 5) is 21.6. The third-order valence-corrected chi connectivity index (χ3v) is 5.79. The van der Waals surface area contributed by atoms with Crippen molar-refractivity contribution in [1.82, 2.24) is 19.7 Å². The van der Waals surface area contributed by atoms with E-state index in [1.165, 1.54) is 17.5 Å². The summed E-state index contributed by atoms with van der Waals surface area (Å²) < 4.78 is 1.60. The third kappa shape index (κ3) is 4.06. The molecule has 0 atom stereocenters. The predicted molar refractivity (Wildman–Crippen MR) is 116 cm³/mol. The third-order valence-electron chi connectivity index (χ3n) is 4.64. The molecule has 0 saturated heterocycles. The second kappa shape index (κ2) is 8.14. The van der Waals surface area contributed by atoms with Crippen molar-refractivity contribution in [1.29, 1.82) is 0 Å². The molecule has 0 aliphatic heterocycles. The highest BCUT2D eigenvalue weighted by Crippen LogP contribution is 2.27. The van der Waals surface area contributed by atoms with Gasteiger partial charge in [0.25, 0.3) is 5.91 Å². The topological polar surface area (TPSA) is 72.7 Å². The van der Waals surface area contributed by atoms with Crippen LogP contribution >= 0.6 is 22.9 Å². The molecule has 0 aliphatic carbocycles. The van der Waals surface area contributed by atoms with E-state index in [4.69, 9.17) is 11.6 Å². The number of carbonyl (C=O) groups excluding carboxylic acids is 1. The number of benzene rings is 1. The van der Waals surface area contributed by atoms with Crippen molar-refractivity contribution >= 4 is 34.0 Å². The maximum atomic E-state index is 12.7. The van der Waals surface area contributed by atoms with Gasteiger partial charge in [0.05, 0.1) is 24.0 Å². The number of hydrogen-bond donors (Lipinski definition) is 1. The van der Waals surface area contributed by atoms with Gasteiger partial charge >= 0.3 is 0 Å². The van der Waals surface area contributed by atoms with E-state index >= 15 is 0 Å². The number of rotatable bonds is 5. The quantitative estimate of drug-likeness (QED) is 0.491. The van der Waals surface area contributed by atoms with Gasteiger partial charge in [-0.2, -0.15) is 5.10 Å². The van der Waals surface area contributed by atoms with Crippen LogP contribution in [0.4, 0.5) is 5.13 Å². The van der Waals surface area contributed by atoms with E-state index in [0.717, 1.165) is 28.1 Å². The number of carbonyl (C=O) groups is 1. The molecule has 0 spiro atoms. The molecule has 6 nitrogen and oxygen atoms in total. The largest absolute Gasteiger partial charge is 0.298 e. The first kappa shape index (κ1) is 19.3. The monoisotopic (exact) mass is 423 g/mol. The molecule has 4 rings (SSSR count). The van der Waals surface area contributed by atoms with Crippen LogP contribution in [0.25, 0.3) is 11.4 Å². The average molecular weight is 424 g/mol. The van der Waals surface area contributed by atoms with Gasteiger partial charge in [-0.15, -0.1) is 11.3 Å². The fraction of sp³-hybridized carbons (Fsp3) is 0.143. The minimum Gasteiger partial charge on any atom is -0.298 e. The summed E-state index contributed by atoms with van der Waals surface area (Å²) in [7, 11) is 0. The van der Waals surface area contributed by atoms with Gasteiger partial charge < -0.3 is 0 Å². The average Bonchev–Trinajstić information content (AvgIpc) is 3.32. The first-order valence-electron chi connectivity index (χ1n) is 8.97. The second-order valence-electron chi connectivity index (χ2n) is 6.59. The van der Waals surface area contributed by atoms with Crippen LogP contribution in [0.2, 0.25) is 5.15 Å². The molecule has 1 N–H and O–H groups in total. The summed E-state index contributed by atoms with van der Waals surface area (Å²) in [6.45, 7) is 4.54. The summed E-state index contributed by atoms with van der Waals surface area (Å²) in [6, 6.07) is 11.8. The number of amides is 1. The lowest BCUT2D eigenvalue weighted by Gasteiger charge is -2.05. The molecule has 1 amide bonds. The summed E-state index contributed by atoms with van der Waals surface area (Å²) in [5, 5.41) is 9.70. The molecule has 0 saturated carbocycles. The van der Waals surface area contributed by atoms with Gasteiger partial charge in [0.2, 0.25) is 0 Å². The van der Waals surface area contributed by atoms with Crippen LogP contribution in [-0.2, 0) is 6.54 Å². The zero-order valence-electron chi connectivity index (χ0n) is 15.9. The maximum Gasteiger partial charge on any atom is 0.262 e. The van der Waals surface area contributed by atoms with Crippen LogP contribution in [0.15, 0.2) is 54.2 Å². The molecule has 146 valence electrons. The van der Waals surface area contributed by atoms with Crippen LogP contribution in [0.5, 0.6) is 0 Å². The van der Waals surface area contributed by atoms with Crippen molar-refractivity contribution in [3.8, 4) is 11.4 Å². The number of thiazole rings is 1. The highest BCUT2D eigenvalue weighted by molar-refractivity contribution is 7.14. The first-order chi connectivity index (χ1) is 14.0. The van der Waals surface area contributed by atoms with Crippen molar-refractivity contribution < 1.29 is 4.79 Å². The lowest BCUT2D eigenvalue weighted by Crippen LogP contribution is -2.12. The first-order valence-corrected chi connectivity index (χ1v) is 10.2. The van der Waals surface area contributed by atoms with Gasteiger partial charge in [-0.25, -0.2) is 9.67 Å². The molecule has 0 radical (unpaired) electrons. The Bertz CT molecular complexity index is 1170. The molecule has 3 heterocycles. The van der Waals surface area contributed by atoms with Crippen molar-refractivity contribution in [2.45, 2.75) is 20.4 Å². The number of aryl methyl sites for hydroxylation is 1. The number of aromatic nitrogens is 4. The van der Waals surface area contributed by atoms with Gasteiger partial charge in [0.15, 0.2) is 5.13 Å². The molecular formula is C21H18ClN5OS. The van der Waals surface area contributed by atoms with E-state index < -0.39 is 0 Å². The maximum absolute atomic E-state index is 12.7. The Hall–Kier alpha value is -3.03. The molecule has 4 aromatic rings. The van der Waals surface area contributed by atoms with E-state index in [9.17, 15) is 4.79 Å². The van der Waals surface area contributed by atoms with Crippen LogP contribution in [0.3, 0.4) is 0 Å². The minimum absolute atomic E-state index is 0.291. The smallest absolute Gasteiger partial charge is 0.262 e. The number of nitrogens with one attached hydrogen (secondary N) is 1. The molecule has 3 aromatic heterocycles. The van der Waals surface area contributed by atoms with Gasteiger partial charge in [-0.1, -0.05) is 41.9 Å². The molecule has 29 heavy (non-hydrogen) atoms. The van der Waals surface area contributed by atoms with Crippen molar-refractivity contribution in [3.05, 3.63) is 81.6 Å². The van der Waals surface area contributed by atoms with Gasteiger partial charge in [-0.3, -0.25) is 15.1 Å². The fourth-order valence-electron chi connectivity index (χ4n) is 2.88. The van der Waals surface area contributed by atoms with Crippen molar-refractivity contribution in [2.24, 2.45) is 0 Å². The normalized spacial score (nSPS) is 10.9. The summed E-state index contributed by atoms with van der Waals surface area (Å²) >= 11 is 7.73.